The van der Waals surface area contributed by atoms with Crippen molar-refractivity contribution in [2.75, 3.05) is 26.2 Å². The number of hydrogen-bond acceptors (Lipinski definition) is 3. The SMILES string of the molecule is CCCN(CC(=O)NC1CCCCCC1)CC1CCCN1. The van der Waals surface area contributed by atoms with E-state index in [0.717, 1.165) is 26.1 Å². The number of nitrogens with one attached hydrogen (secondary N) is 2. The summed E-state index contributed by atoms with van der Waals surface area (Å²) in [5.41, 5.74) is 0. The first kappa shape index (κ1) is 16.8. The Morgan fingerprint density at radius 3 is 2.52 bits per heavy atom. The van der Waals surface area contributed by atoms with Crippen molar-refractivity contribution >= 4 is 5.91 Å². The molecule has 0 aromatic heterocycles. The molecular formula is C17H33N3O. The number of rotatable bonds is 7. The zero-order valence-corrected chi connectivity index (χ0v) is 13.7. The van der Waals surface area contributed by atoms with Crippen LogP contribution < -0.4 is 10.6 Å². The Morgan fingerprint density at radius 1 is 1.14 bits per heavy atom. The molecule has 1 saturated carbocycles. The fourth-order valence-electron chi connectivity index (χ4n) is 3.68. The summed E-state index contributed by atoms with van der Waals surface area (Å²) < 4.78 is 0. The standard InChI is InChI=1S/C17H33N3O/c1-2-12-20(13-16-10-7-11-18-16)14-17(21)19-15-8-5-3-4-6-9-15/h15-16,18H,2-14H2,1H3,(H,19,21). The van der Waals surface area contributed by atoms with Gasteiger partial charge in [-0.2, -0.15) is 0 Å². The number of amides is 1. The molecule has 1 saturated heterocycles. The second-order valence-electron chi connectivity index (χ2n) is 6.78. The van der Waals surface area contributed by atoms with E-state index in [4.69, 9.17) is 0 Å². The average Bonchev–Trinajstić information content (AvgIpc) is 2.82. The number of carbonyl (C=O) groups is 1. The van der Waals surface area contributed by atoms with Gasteiger partial charge in [0.15, 0.2) is 0 Å². The minimum atomic E-state index is 0.230. The Bertz CT molecular complexity index is 294. The maximum atomic E-state index is 12.3. The molecule has 1 atom stereocenters. The molecule has 122 valence electrons. The van der Waals surface area contributed by atoms with Gasteiger partial charge in [-0.05, 0) is 45.2 Å². The number of nitrogens with zero attached hydrogens (tertiary/aromatic N) is 1. The first-order chi connectivity index (χ1) is 10.3. The molecule has 2 N–H and O–H groups in total. The lowest BCUT2D eigenvalue weighted by molar-refractivity contribution is -0.123. The first-order valence-corrected chi connectivity index (χ1v) is 9.03. The van der Waals surface area contributed by atoms with Gasteiger partial charge < -0.3 is 10.6 Å². The van der Waals surface area contributed by atoms with Crippen LogP contribution in [0.4, 0.5) is 0 Å². The van der Waals surface area contributed by atoms with E-state index in [9.17, 15) is 4.79 Å². The van der Waals surface area contributed by atoms with Crippen LogP contribution in [0.1, 0.15) is 64.7 Å². The van der Waals surface area contributed by atoms with Crippen molar-refractivity contribution in [3.8, 4) is 0 Å². The fraction of sp³-hybridized carbons (Fsp3) is 0.941. The second-order valence-corrected chi connectivity index (χ2v) is 6.78. The van der Waals surface area contributed by atoms with Crippen molar-refractivity contribution in [3.05, 3.63) is 0 Å². The molecule has 2 aliphatic rings. The van der Waals surface area contributed by atoms with Gasteiger partial charge in [0.2, 0.25) is 5.91 Å². The molecular weight excluding hydrogens is 262 g/mol. The molecule has 1 unspecified atom stereocenters. The molecule has 2 rings (SSSR count). The summed E-state index contributed by atoms with van der Waals surface area (Å²) in [6.07, 6.45) is 11.2. The van der Waals surface area contributed by atoms with E-state index in [1.165, 1.54) is 51.4 Å². The number of hydrogen-bond donors (Lipinski definition) is 2. The highest BCUT2D eigenvalue weighted by Gasteiger charge is 2.20. The van der Waals surface area contributed by atoms with E-state index in [0.29, 0.717) is 18.6 Å². The van der Waals surface area contributed by atoms with Crippen LogP contribution in [0.25, 0.3) is 0 Å². The van der Waals surface area contributed by atoms with Crippen LogP contribution in [0.2, 0.25) is 0 Å². The van der Waals surface area contributed by atoms with Crippen LogP contribution >= 0.6 is 0 Å². The van der Waals surface area contributed by atoms with Gasteiger partial charge in [-0.3, -0.25) is 9.69 Å². The zero-order valence-electron chi connectivity index (χ0n) is 13.7. The lowest BCUT2D eigenvalue weighted by Crippen LogP contribution is -2.45. The molecule has 4 nitrogen and oxygen atoms in total. The predicted molar refractivity (Wildman–Crippen MR) is 87.4 cm³/mol. The van der Waals surface area contributed by atoms with Crippen molar-refractivity contribution in [2.45, 2.75) is 76.8 Å². The van der Waals surface area contributed by atoms with Gasteiger partial charge >= 0.3 is 0 Å². The molecule has 21 heavy (non-hydrogen) atoms. The van der Waals surface area contributed by atoms with Crippen LogP contribution in [-0.4, -0.2) is 49.1 Å². The summed E-state index contributed by atoms with van der Waals surface area (Å²) in [5, 5.41) is 6.81. The van der Waals surface area contributed by atoms with Gasteiger partial charge in [0.1, 0.15) is 0 Å². The Labute approximate surface area is 130 Å². The van der Waals surface area contributed by atoms with E-state index in [1.807, 2.05) is 0 Å². The summed E-state index contributed by atoms with van der Waals surface area (Å²) in [6.45, 7) is 5.95. The Morgan fingerprint density at radius 2 is 1.90 bits per heavy atom. The minimum Gasteiger partial charge on any atom is -0.352 e. The van der Waals surface area contributed by atoms with Gasteiger partial charge in [0.25, 0.3) is 0 Å². The van der Waals surface area contributed by atoms with Crippen molar-refractivity contribution in [3.63, 3.8) is 0 Å². The van der Waals surface area contributed by atoms with Crippen LogP contribution in [0.15, 0.2) is 0 Å². The van der Waals surface area contributed by atoms with E-state index in [1.54, 1.807) is 0 Å². The molecule has 1 aliphatic heterocycles. The summed E-state index contributed by atoms with van der Waals surface area (Å²) in [5.74, 6) is 0.230. The lowest BCUT2D eigenvalue weighted by atomic mass is 10.1. The highest BCUT2D eigenvalue weighted by Crippen LogP contribution is 2.17. The maximum absolute atomic E-state index is 12.3. The van der Waals surface area contributed by atoms with Crippen molar-refractivity contribution in [1.29, 1.82) is 0 Å². The Hall–Kier alpha value is -0.610. The third-order valence-corrected chi connectivity index (χ3v) is 4.77. The van der Waals surface area contributed by atoms with Crippen molar-refractivity contribution in [1.82, 2.24) is 15.5 Å². The fourth-order valence-corrected chi connectivity index (χ4v) is 3.68. The quantitative estimate of drug-likeness (QED) is 0.708. The summed E-state index contributed by atoms with van der Waals surface area (Å²) in [6, 6.07) is 1.01. The Kier molecular flexibility index (Phi) is 7.51. The van der Waals surface area contributed by atoms with E-state index >= 15 is 0 Å². The van der Waals surface area contributed by atoms with Gasteiger partial charge in [-0.15, -0.1) is 0 Å². The molecule has 1 amide bonds. The molecule has 2 fully saturated rings. The van der Waals surface area contributed by atoms with Gasteiger partial charge in [0.05, 0.1) is 6.54 Å². The summed E-state index contributed by atoms with van der Waals surface area (Å²) in [4.78, 5) is 14.6. The molecule has 4 heteroatoms. The highest BCUT2D eigenvalue weighted by molar-refractivity contribution is 5.78. The first-order valence-electron chi connectivity index (χ1n) is 9.03. The van der Waals surface area contributed by atoms with Crippen LogP contribution in [0.5, 0.6) is 0 Å². The van der Waals surface area contributed by atoms with Crippen LogP contribution in [0, 0.1) is 0 Å². The largest absolute Gasteiger partial charge is 0.352 e. The van der Waals surface area contributed by atoms with Gasteiger partial charge in [0, 0.05) is 18.6 Å². The van der Waals surface area contributed by atoms with E-state index < -0.39 is 0 Å². The maximum Gasteiger partial charge on any atom is 0.234 e. The summed E-state index contributed by atoms with van der Waals surface area (Å²) >= 11 is 0. The minimum absolute atomic E-state index is 0.230. The van der Waals surface area contributed by atoms with E-state index in [2.05, 4.69) is 22.5 Å². The van der Waals surface area contributed by atoms with Crippen molar-refractivity contribution in [2.24, 2.45) is 0 Å². The average molecular weight is 295 g/mol. The molecule has 1 heterocycles. The Balaban J connectivity index is 1.73. The second kappa shape index (κ2) is 9.42. The van der Waals surface area contributed by atoms with Gasteiger partial charge in [-0.1, -0.05) is 32.6 Å². The summed E-state index contributed by atoms with van der Waals surface area (Å²) in [7, 11) is 0. The third-order valence-electron chi connectivity index (χ3n) is 4.77. The molecule has 1 aliphatic carbocycles. The smallest absolute Gasteiger partial charge is 0.234 e. The zero-order chi connectivity index (χ0) is 14.9. The molecule has 0 radical (unpaired) electrons. The molecule has 0 bridgehead atoms. The number of carbonyl (C=O) groups excluding carboxylic acids is 1. The van der Waals surface area contributed by atoms with Crippen molar-refractivity contribution < 1.29 is 4.79 Å². The van der Waals surface area contributed by atoms with Crippen LogP contribution in [0.3, 0.4) is 0 Å². The van der Waals surface area contributed by atoms with Crippen LogP contribution in [-0.2, 0) is 4.79 Å². The molecule has 0 aromatic rings. The molecule has 0 spiro atoms. The third kappa shape index (κ3) is 6.35. The monoisotopic (exact) mass is 295 g/mol. The van der Waals surface area contributed by atoms with Gasteiger partial charge in [-0.25, -0.2) is 0 Å². The topological polar surface area (TPSA) is 44.4 Å². The normalized spacial score (nSPS) is 24.2. The predicted octanol–water partition coefficient (Wildman–Crippen LogP) is 2.29. The lowest BCUT2D eigenvalue weighted by Gasteiger charge is -2.26. The highest BCUT2D eigenvalue weighted by atomic mass is 16.2. The molecule has 0 aromatic carbocycles. The van der Waals surface area contributed by atoms with E-state index in [-0.39, 0.29) is 5.91 Å².